The minimum atomic E-state index is -1.29. The first-order valence-electron chi connectivity index (χ1n) is 5.68. The summed E-state index contributed by atoms with van der Waals surface area (Å²) in [6, 6.07) is 7.11. The number of ether oxygens (including phenoxy) is 1. The first-order valence-corrected chi connectivity index (χ1v) is 5.68. The molecule has 1 aromatic carbocycles. The topological polar surface area (TPSA) is 103 Å². The van der Waals surface area contributed by atoms with Crippen LogP contribution in [-0.2, 0) is 6.61 Å². The van der Waals surface area contributed by atoms with E-state index in [2.05, 4.69) is 0 Å². The van der Waals surface area contributed by atoms with E-state index in [9.17, 15) is 14.9 Å². The molecule has 0 unspecified atom stereocenters. The summed E-state index contributed by atoms with van der Waals surface area (Å²) in [6.45, 7) is 1.66. The van der Waals surface area contributed by atoms with E-state index >= 15 is 0 Å². The minimum absolute atomic E-state index is 0.0844. The Morgan fingerprint density at radius 3 is 2.70 bits per heavy atom. The lowest BCUT2D eigenvalue weighted by Gasteiger charge is -2.08. The smallest absolute Gasteiger partial charge is 0.339 e. The van der Waals surface area contributed by atoms with Gasteiger partial charge in [-0.15, -0.1) is 0 Å². The summed E-state index contributed by atoms with van der Waals surface area (Å²) in [7, 11) is 0. The molecule has 20 heavy (non-hydrogen) atoms. The summed E-state index contributed by atoms with van der Waals surface area (Å²) >= 11 is 0. The molecule has 0 saturated carbocycles. The number of carbonyl (C=O) groups is 1. The van der Waals surface area contributed by atoms with E-state index in [1.807, 2.05) is 0 Å². The van der Waals surface area contributed by atoms with Crippen molar-refractivity contribution < 1.29 is 24.0 Å². The van der Waals surface area contributed by atoms with Crippen molar-refractivity contribution in [2.45, 2.75) is 13.5 Å². The van der Waals surface area contributed by atoms with Crippen molar-refractivity contribution in [3.05, 3.63) is 57.5 Å². The Labute approximate surface area is 113 Å². The van der Waals surface area contributed by atoms with Gasteiger partial charge in [0.15, 0.2) is 0 Å². The molecule has 1 aromatic heterocycles. The second-order valence-corrected chi connectivity index (χ2v) is 4.02. The van der Waals surface area contributed by atoms with Crippen LogP contribution in [0.4, 0.5) is 5.69 Å². The van der Waals surface area contributed by atoms with Crippen LogP contribution in [0.3, 0.4) is 0 Å². The van der Waals surface area contributed by atoms with Crippen LogP contribution in [0.2, 0.25) is 0 Å². The van der Waals surface area contributed by atoms with E-state index in [4.69, 9.17) is 14.3 Å². The number of nitrogens with zero attached hydrogens (tertiary/aromatic N) is 1. The number of carboxylic acids is 1. The third-order valence-corrected chi connectivity index (χ3v) is 2.58. The third-order valence-electron chi connectivity index (χ3n) is 2.58. The number of rotatable bonds is 5. The van der Waals surface area contributed by atoms with Crippen LogP contribution in [0, 0.1) is 17.0 Å². The Morgan fingerprint density at radius 1 is 1.40 bits per heavy atom. The number of aryl methyl sites for hydroxylation is 1. The number of para-hydroxylation sites is 1. The lowest BCUT2D eigenvalue weighted by atomic mass is 10.1. The van der Waals surface area contributed by atoms with E-state index in [0.717, 1.165) is 0 Å². The number of nitro benzene ring substituents is 1. The zero-order valence-corrected chi connectivity index (χ0v) is 10.5. The number of hydrogen-bond donors (Lipinski definition) is 1. The maximum absolute atomic E-state index is 11.1. The fraction of sp³-hybridized carbons (Fsp3) is 0.154. The van der Waals surface area contributed by atoms with Crippen molar-refractivity contribution in [2.24, 2.45) is 0 Å². The molecule has 0 aliphatic carbocycles. The van der Waals surface area contributed by atoms with Crippen molar-refractivity contribution in [3.63, 3.8) is 0 Å². The standard InChI is InChI=1S/C13H11NO6/c1-8-5-6-9(20-8)7-19-12-10(13(15)16)3-2-4-11(12)14(17)18/h2-6H,7H2,1H3,(H,15,16). The molecule has 0 saturated heterocycles. The van der Waals surface area contributed by atoms with Gasteiger partial charge in [0.1, 0.15) is 23.7 Å². The van der Waals surface area contributed by atoms with Crippen LogP contribution in [0.1, 0.15) is 21.9 Å². The van der Waals surface area contributed by atoms with Crippen molar-refractivity contribution in [1.82, 2.24) is 0 Å². The number of benzene rings is 1. The molecule has 1 heterocycles. The molecule has 0 fully saturated rings. The molecule has 0 atom stereocenters. The highest BCUT2D eigenvalue weighted by Gasteiger charge is 2.23. The molecule has 0 bridgehead atoms. The normalized spacial score (nSPS) is 10.2. The summed E-state index contributed by atoms with van der Waals surface area (Å²) in [5.74, 6) is -0.444. The van der Waals surface area contributed by atoms with Crippen LogP contribution < -0.4 is 4.74 Å². The summed E-state index contributed by atoms with van der Waals surface area (Å²) in [5, 5.41) is 20.0. The SMILES string of the molecule is Cc1ccc(COc2c(C(=O)O)cccc2[N+](=O)[O-])o1. The van der Waals surface area contributed by atoms with Crippen LogP contribution in [0.25, 0.3) is 0 Å². The van der Waals surface area contributed by atoms with Gasteiger partial charge in [0, 0.05) is 6.07 Å². The van der Waals surface area contributed by atoms with Gasteiger partial charge < -0.3 is 14.3 Å². The lowest BCUT2D eigenvalue weighted by molar-refractivity contribution is -0.386. The molecule has 2 aromatic rings. The molecule has 104 valence electrons. The average molecular weight is 277 g/mol. The number of furan rings is 1. The zero-order chi connectivity index (χ0) is 14.7. The Morgan fingerprint density at radius 2 is 2.15 bits per heavy atom. The average Bonchev–Trinajstić information content (AvgIpc) is 2.81. The molecule has 2 rings (SSSR count). The Bertz CT molecular complexity index is 628. The molecule has 7 nitrogen and oxygen atoms in total. The second-order valence-electron chi connectivity index (χ2n) is 4.02. The summed E-state index contributed by atoms with van der Waals surface area (Å²) in [6.07, 6.45) is 0. The summed E-state index contributed by atoms with van der Waals surface area (Å²) in [5.41, 5.74) is -0.657. The summed E-state index contributed by atoms with van der Waals surface area (Å²) < 4.78 is 10.5. The number of carboxylic acid groups (broad SMARTS) is 1. The van der Waals surface area contributed by atoms with Crippen LogP contribution in [-0.4, -0.2) is 16.0 Å². The van der Waals surface area contributed by atoms with Gasteiger partial charge in [0.05, 0.1) is 4.92 Å². The molecule has 0 aliphatic heterocycles. The van der Waals surface area contributed by atoms with Gasteiger partial charge >= 0.3 is 11.7 Å². The maximum atomic E-state index is 11.1. The van der Waals surface area contributed by atoms with Gasteiger partial charge in [-0.3, -0.25) is 10.1 Å². The van der Waals surface area contributed by atoms with Gasteiger partial charge in [-0.25, -0.2) is 4.79 Å². The molecule has 1 N–H and O–H groups in total. The number of aromatic carboxylic acids is 1. The largest absolute Gasteiger partial charge is 0.478 e. The van der Waals surface area contributed by atoms with Gasteiger partial charge in [-0.05, 0) is 25.1 Å². The van der Waals surface area contributed by atoms with E-state index in [-0.39, 0.29) is 17.9 Å². The van der Waals surface area contributed by atoms with E-state index in [0.29, 0.717) is 11.5 Å². The van der Waals surface area contributed by atoms with E-state index in [1.165, 1.54) is 18.2 Å². The quantitative estimate of drug-likeness (QED) is 0.665. The molecular formula is C13H11NO6. The van der Waals surface area contributed by atoms with Gasteiger partial charge in [-0.2, -0.15) is 0 Å². The first-order chi connectivity index (χ1) is 9.49. The molecule has 0 radical (unpaired) electrons. The van der Waals surface area contributed by atoms with E-state index in [1.54, 1.807) is 19.1 Å². The fourth-order valence-corrected chi connectivity index (χ4v) is 1.69. The molecule has 0 aliphatic rings. The minimum Gasteiger partial charge on any atom is -0.478 e. The van der Waals surface area contributed by atoms with Crippen molar-refractivity contribution in [2.75, 3.05) is 0 Å². The molecule has 0 spiro atoms. The highest BCUT2D eigenvalue weighted by molar-refractivity contribution is 5.92. The van der Waals surface area contributed by atoms with Crippen molar-refractivity contribution in [3.8, 4) is 5.75 Å². The van der Waals surface area contributed by atoms with Gasteiger partial charge in [0.25, 0.3) is 0 Å². The summed E-state index contributed by atoms with van der Waals surface area (Å²) in [4.78, 5) is 21.3. The van der Waals surface area contributed by atoms with E-state index < -0.39 is 16.6 Å². The Balaban J connectivity index is 2.32. The van der Waals surface area contributed by atoms with Crippen molar-refractivity contribution in [1.29, 1.82) is 0 Å². The number of hydrogen-bond acceptors (Lipinski definition) is 5. The molecule has 0 amide bonds. The Hall–Kier alpha value is -2.83. The van der Waals surface area contributed by atoms with Gasteiger partial charge in [-0.1, -0.05) is 6.07 Å². The highest BCUT2D eigenvalue weighted by Crippen LogP contribution is 2.31. The fourth-order valence-electron chi connectivity index (χ4n) is 1.69. The lowest BCUT2D eigenvalue weighted by Crippen LogP contribution is -2.05. The molecular weight excluding hydrogens is 266 g/mol. The first kappa shape index (κ1) is 13.6. The van der Waals surface area contributed by atoms with Crippen LogP contribution in [0.5, 0.6) is 5.75 Å². The van der Waals surface area contributed by atoms with Crippen molar-refractivity contribution >= 4 is 11.7 Å². The van der Waals surface area contributed by atoms with Crippen LogP contribution in [0.15, 0.2) is 34.7 Å². The predicted octanol–water partition coefficient (Wildman–Crippen LogP) is 2.77. The molecule has 7 heteroatoms. The zero-order valence-electron chi connectivity index (χ0n) is 10.5. The predicted molar refractivity (Wildman–Crippen MR) is 67.8 cm³/mol. The van der Waals surface area contributed by atoms with Gasteiger partial charge in [0.2, 0.25) is 5.75 Å². The second kappa shape index (κ2) is 5.43. The third kappa shape index (κ3) is 2.77. The van der Waals surface area contributed by atoms with Crippen LogP contribution >= 0.6 is 0 Å². The monoisotopic (exact) mass is 277 g/mol. The highest BCUT2D eigenvalue weighted by atomic mass is 16.6. The maximum Gasteiger partial charge on any atom is 0.339 e. The Kier molecular flexibility index (Phi) is 3.69. The number of nitro groups is 1.